The molecule has 17 heavy (non-hydrogen) atoms. The molecule has 0 fully saturated rings. The number of halogens is 1. The normalized spacial score (nSPS) is 25.6. The van der Waals surface area contributed by atoms with Crippen LogP contribution in [0.15, 0.2) is 12.1 Å². The highest BCUT2D eigenvalue weighted by Gasteiger charge is 2.39. The van der Waals surface area contributed by atoms with Crippen LogP contribution in [0.2, 0.25) is 0 Å². The van der Waals surface area contributed by atoms with Crippen LogP contribution < -0.4 is 5.32 Å². The maximum Gasteiger partial charge on any atom is 0.126 e. The van der Waals surface area contributed by atoms with E-state index < -0.39 is 11.6 Å². The summed E-state index contributed by atoms with van der Waals surface area (Å²) < 4.78 is 13.4. The quantitative estimate of drug-likeness (QED) is 0.675. The molecule has 90 valence electrons. The van der Waals surface area contributed by atoms with Crippen LogP contribution in [0, 0.1) is 18.2 Å². The molecule has 0 radical (unpaired) electrons. The van der Waals surface area contributed by atoms with Crippen molar-refractivity contribution in [2.45, 2.75) is 38.3 Å². The third kappa shape index (κ3) is 1.79. The van der Waals surface area contributed by atoms with Crippen molar-refractivity contribution in [3.63, 3.8) is 0 Å². The van der Waals surface area contributed by atoms with Gasteiger partial charge in [-0.2, -0.15) is 0 Å². The molecule has 0 unspecified atom stereocenters. The minimum Gasteiger partial charge on any atom is -0.390 e. The van der Waals surface area contributed by atoms with Crippen LogP contribution >= 0.6 is 0 Å². The molecule has 2 N–H and O–H groups in total. The van der Waals surface area contributed by atoms with Crippen LogP contribution in [0.1, 0.15) is 37.8 Å². The van der Waals surface area contributed by atoms with Crippen molar-refractivity contribution in [3.8, 4) is 12.3 Å². The largest absolute Gasteiger partial charge is 0.390 e. The molecule has 0 bridgehead atoms. The van der Waals surface area contributed by atoms with Gasteiger partial charge in [-0.1, -0.05) is 12.8 Å². The van der Waals surface area contributed by atoms with Gasteiger partial charge in [0.1, 0.15) is 5.82 Å². The Bertz CT molecular complexity index is 502. The maximum absolute atomic E-state index is 13.4. The average molecular weight is 233 g/mol. The second-order valence-corrected chi connectivity index (χ2v) is 5.14. The molecular formula is C14H16FNO. The Labute approximate surface area is 101 Å². The summed E-state index contributed by atoms with van der Waals surface area (Å²) in [4.78, 5) is 0. The van der Waals surface area contributed by atoms with E-state index in [0.29, 0.717) is 11.3 Å². The number of hydrogen-bond donors (Lipinski definition) is 2. The number of benzene rings is 1. The number of terminal acetylenes is 1. The average Bonchev–Trinajstić information content (AvgIpc) is 2.24. The number of rotatable bonds is 0. The number of anilines is 1. The Morgan fingerprint density at radius 3 is 2.71 bits per heavy atom. The van der Waals surface area contributed by atoms with E-state index in [-0.39, 0.29) is 11.7 Å². The Balaban J connectivity index is 2.65. The highest BCUT2D eigenvalue weighted by atomic mass is 19.1. The summed E-state index contributed by atoms with van der Waals surface area (Å²) in [7, 11) is 0. The van der Waals surface area contributed by atoms with Gasteiger partial charge in [-0.25, -0.2) is 4.39 Å². The maximum atomic E-state index is 13.4. The molecule has 0 spiro atoms. The number of nitrogens with one attached hydrogen (secondary N) is 1. The fourth-order valence-electron chi connectivity index (χ4n) is 2.54. The first kappa shape index (κ1) is 11.9. The molecule has 0 aliphatic carbocycles. The van der Waals surface area contributed by atoms with E-state index in [4.69, 9.17) is 6.42 Å². The molecule has 2 atom stereocenters. The highest BCUT2D eigenvalue weighted by molar-refractivity contribution is 5.64. The van der Waals surface area contributed by atoms with Gasteiger partial charge < -0.3 is 10.4 Å². The SMILES string of the molecule is C#Cc1cc(F)cc2c1[C@@H](C)[C@H](O)C(C)(C)N2. The van der Waals surface area contributed by atoms with Crippen LogP contribution in [-0.4, -0.2) is 16.7 Å². The number of fused-ring (bicyclic) bond motifs is 1. The fourth-order valence-corrected chi connectivity index (χ4v) is 2.54. The molecule has 0 saturated carbocycles. The van der Waals surface area contributed by atoms with Crippen molar-refractivity contribution < 1.29 is 9.50 Å². The molecule has 0 aromatic heterocycles. The second-order valence-electron chi connectivity index (χ2n) is 5.14. The predicted octanol–water partition coefficient (Wildman–Crippen LogP) is 2.48. The van der Waals surface area contributed by atoms with Gasteiger partial charge in [0, 0.05) is 17.2 Å². The molecule has 3 heteroatoms. The number of hydrogen-bond acceptors (Lipinski definition) is 2. The molecular weight excluding hydrogens is 217 g/mol. The van der Waals surface area contributed by atoms with E-state index in [1.807, 2.05) is 20.8 Å². The lowest BCUT2D eigenvalue weighted by atomic mass is 9.77. The van der Waals surface area contributed by atoms with Gasteiger partial charge in [-0.15, -0.1) is 6.42 Å². The molecule has 1 aromatic rings. The molecule has 0 saturated heterocycles. The van der Waals surface area contributed by atoms with E-state index in [1.54, 1.807) is 0 Å². The Kier molecular flexibility index (Phi) is 2.63. The fraction of sp³-hybridized carbons (Fsp3) is 0.429. The van der Waals surface area contributed by atoms with E-state index >= 15 is 0 Å². The lowest BCUT2D eigenvalue weighted by molar-refractivity contribution is 0.0867. The van der Waals surface area contributed by atoms with E-state index in [9.17, 15) is 9.50 Å². The van der Waals surface area contributed by atoms with Crippen molar-refractivity contribution >= 4 is 5.69 Å². The van der Waals surface area contributed by atoms with Gasteiger partial charge in [0.2, 0.25) is 0 Å². The van der Waals surface area contributed by atoms with Gasteiger partial charge in [0.05, 0.1) is 11.6 Å². The standard InChI is InChI=1S/C14H16FNO/c1-5-9-6-10(15)7-11-12(9)8(2)13(17)14(3,4)16-11/h1,6-8,13,16-17H,2-4H3/t8-,13+/m1/s1. The van der Waals surface area contributed by atoms with Crippen LogP contribution in [0.25, 0.3) is 0 Å². The Morgan fingerprint density at radius 1 is 1.47 bits per heavy atom. The second kappa shape index (κ2) is 3.75. The third-order valence-electron chi connectivity index (χ3n) is 3.43. The predicted molar refractivity (Wildman–Crippen MR) is 66.5 cm³/mol. The summed E-state index contributed by atoms with van der Waals surface area (Å²) >= 11 is 0. The monoisotopic (exact) mass is 233 g/mol. The van der Waals surface area contributed by atoms with Gasteiger partial charge in [0.25, 0.3) is 0 Å². The van der Waals surface area contributed by atoms with Crippen LogP contribution in [-0.2, 0) is 0 Å². The van der Waals surface area contributed by atoms with Crippen LogP contribution in [0.4, 0.5) is 10.1 Å². The van der Waals surface area contributed by atoms with Crippen molar-refractivity contribution in [1.29, 1.82) is 0 Å². The van der Waals surface area contributed by atoms with E-state index in [2.05, 4.69) is 11.2 Å². The molecule has 2 nitrogen and oxygen atoms in total. The Morgan fingerprint density at radius 2 is 2.12 bits per heavy atom. The molecule has 0 amide bonds. The van der Waals surface area contributed by atoms with Gasteiger partial charge >= 0.3 is 0 Å². The first-order chi connectivity index (χ1) is 7.86. The zero-order valence-corrected chi connectivity index (χ0v) is 10.2. The molecule has 1 heterocycles. The zero-order valence-electron chi connectivity index (χ0n) is 10.2. The third-order valence-corrected chi connectivity index (χ3v) is 3.43. The molecule has 1 aliphatic heterocycles. The highest BCUT2D eigenvalue weighted by Crippen LogP contribution is 2.40. The summed E-state index contributed by atoms with van der Waals surface area (Å²) in [6, 6.07) is 2.77. The first-order valence-corrected chi connectivity index (χ1v) is 5.63. The summed E-state index contributed by atoms with van der Waals surface area (Å²) in [5.74, 6) is 2.01. The van der Waals surface area contributed by atoms with Gasteiger partial charge in [-0.3, -0.25) is 0 Å². The zero-order chi connectivity index (χ0) is 12.8. The van der Waals surface area contributed by atoms with Crippen LogP contribution in [0.3, 0.4) is 0 Å². The van der Waals surface area contributed by atoms with Crippen molar-refractivity contribution in [3.05, 3.63) is 29.1 Å². The smallest absolute Gasteiger partial charge is 0.126 e. The lowest BCUT2D eigenvalue weighted by Gasteiger charge is -2.42. The Hall–Kier alpha value is -1.53. The van der Waals surface area contributed by atoms with E-state index in [0.717, 1.165) is 5.56 Å². The van der Waals surface area contributed by atoms with Crippen LogP contribution in [0.5, 0.6) is 0 Å². The first-order valence-electron chi connectivity index (χ1n) is 5.63. The van der Waals surface area contributed by atoms with Crippen molar-refractivity contribution in [2.75, 3.05) is 5.32 Å². The molecule has 1 aliphatic rings. The topological polar surface area (TPSA) is 32.3 Å². The molecule has 2 rings (SSSR count). The minimum atomic E-state index is -0.562. The van der Waals surface area contributed by atoms with Crippen molar-refractivity contribution in [1.82, 2.24) is 0 Å². The summed E-state index contributed by atoms with van der Waals surface area (Å²) in [6.07, 6.45) is 4.83. The summed E-state index contributed by atoms with van der Waals surface area (Å²) in [6.45, 7) is 5.68. The lowest BCUT2D eigenvalue weighted by Crippen LogP contribution is -2.50. The van der Waals surface area contributed by atoms with E-state index in [1.165, 1.54) is 12.1 Å². The minimum absolute atomic E-state index is 0.118. The number of aliphatic hydroxyl groups is 1. The van der Waals surface area contributed by atoms with Gasteiger partial charge in [0.15, 0.2) is 0 Å². The number of aliphatic hydroxyl groups excluding tert-OH is 1. The summed E-state index contributed by atoms with van der Waals surface area (Å²) in [5, 5.41) is 13.4. The molecule has 1 aromatic carbocycles. The summed E-state index contributed by atoms with van der Waals surface area (Å²) in [5.41, 5.74) is 1.52. The van der Waals surface area contributed by atoms with Crippen molar-refractivity contribution in [2.24, 2.45) is 0 Å². The van der Waals surface area contributed by atoms with Gasteiger partial charge in [-0.05, 0) is 31.5 Å².